The smallest absolute Gasteiger partial charge is 0.256 e. The van der Waals surface area contributed by atoms with E-state index in [0.29, 0.717) is 16.1 Å². The molecular weight excluding hydrogens is 370 g/mol. The van der Waals surface area contributed by atoms with Crippen molar-refractivity contribution in [2.24, 2.45) is 0 Å². The average molecular weight is 400 g/mol. The molecule has 0 aliphatic heterocycles. The van der Waals surface area contributed by atoms with Gasteiger partial charge >= 0.3 is 0 Å². The Morgan fingerprint density at radius 1 is 1.00 bits per heavy atom. The van der Waals surface area contributed by atoms with Crippen LogP contribution in [0.15, 0.2) is 24.3 Å². The molecule has 1 aliphatic carbocycles. The molecule has 28 heavy (non-hydrogen) atoms. The highest BCUT2D eigenvalue weighted by molar-refractivity contribution is 7.17. The highest BCUT2D eigenvalue weighted by Gasteiger charge is 2.25. The van der Waals surface area contributed by atoms with E-state index in [-0.39, 0.29) is 11.8 Å². The zero-order valence-corrected chi connectivity index (χ0v) is 17.7. The quantitative estimate of drug-likeness (QED) is 0.704. The van der Waals surface area contributed by atoms with Gasteiger partial charge in [0, 0.05) is 36.3 Å². The molecule has 6 heteroatoms. The fourth-order valence-electron chi connectivity index (χ4n) is 3.78. The van der Waals surface area contributed by atoms with Gasteiger partial charge in [-0.3, -0.25) is 9.59 Å². The van der Waals surface area contributed by atoms with Crippen LogP contribution in [-0.2, 0) is 12.8 Å². The largest absolute Gasteiger partial charge is 0.372 e. The van der Waals surface area contributed by atoms with Gasteiger partial charge in [-0.15, -0.1) is 11.3 Å². The standard InChI is InChI=1S/C22H29N3O2S/c1-4-25(5-2)16-13-11-15(12-14-16)20(26)24-22-19(21(27)23-3)17-9-7-6-8-10-18(17)28-22/h11-14H,4-10H2,1-3H3,(H,23,27)(H,24,26). The van der Waals surface area contributed by atoms with E-state index >= 15 is 0 Å². The predicted octanol–water partition coefficient (Wildman–Crippen LogP) is 4.48. The van der Waals surface area contributed by atoms with Crippen molar-refractivity contribution in [2.45, 2.75) is 46.0 Å². The highest BCUT2D eigenvalue weighted by atomic mass is 32.1. The zero-order chi connectivity index (χ0) is 20.1. The number of nitrogens with zero attached hydrogens (tertiary/aromatic N) is 1. The Labute approximate surface area is 171 Å². The summed E-state index contributed by atoms with van der Waals surface area (Å²) in [7, 11) is 1.64. The van der Waals surface area contributed by atoms with Gasteiger partial charge in [0.2, 0.25) is 0 Å². The Balaban J connectivity index is 1.85. The second kappa shape index (κ2) is 9.24. The molecule has 3 rings (SSSR count). The van der Waals surface area contributed by atoms with Gasteiger partial charge in [0.05, 0.1) is 5.56 Å². The number of rotatable bonds is 6. The number of carbonyl (C=O) groups is 2. The van der Waals surface area contributed by atoms with Crippen LogP contribution in [-0.4, -0.2) is 32.0 Å². The van der Waals surface area contributed by atoms with Gasteiger partial charge in [0.1, 0.15) is 5.00 Å². The number of benzene rings is 1. The molecule has 1 aliphatic rings. The van der Waals surface area contributed by atoms with Gasteiger partial charge in [-0.05, 0) is 69.4 Å². The fourth-order valence-corrected chi connectivity index (χ4v) is 5.07. The Kier molecular flexibility index (Phi) is 6.73. The molecule has 0 bridgehead atoms. The van der Waals surface area contributed by atoms with Crippen LogP contribution >= 0.6 is 11.3 Å². The van der Waals surface area contributed by atoms with Crippen LogP contribution in [0.4, 0.5) is 10.7 Å². The third-order valence-corrected chi connectivity index (χ3v) is 6.57. The number of nitrogens with one attached hydrogen (secondary N) is 2. The monoisotopic (exact) mass is 399 g/mol. The van der Waals surface area contributed by atoms with E-state index in [4.69, 9.17) is 0 Å². The summed E-state index contributed by atoms with van der Waals surface area (Å²) in [6.45, 7) is 6.09. The Hall–Kier alpha value is -2.34. The molecular formula is C22H29N3O2S. The van der Waals surface area contributed by atoms with E-state index in [1.165, 1.54) is 11.3 Å². The summed E-state index contributed by atoms with van der Waals surface area (Å²) < 4.78 is 0. The lowest BCUT2D eigenvalue weighted by Gasteiger charge is -2.21. The molecule has 1 heterocycles. The summed E-state index contributed by atoms with van der Waals surface area (Å²) in [5.74, 6) is -0.292. The Morgan fingerprint density at radius 2 is 1.68 bits per heavy atom. The molecule has 150 valence electrons. The van der Waals surface area contributed by atoms with Gasteiger partial charge < -0.3 is 15.5 Å². The van der Waals surface area contributed by atoms with Crippen molar-refractivity contribution in [1.29, 1.82) is 0 Å². The molecule has 0 saturated heterocycles. The fraction of sp³-hybridized carbons (Fsp3) is 0.455. The number of aryl methyl sites for hydroxylation is 1. The SMILES string of the molecule is CCN(CC)c1ccc(C(=O)Nc2sc3c(c2C(=O)NC)CCCCC3)cc1. The minimum Gasteiger partial charge on any atom is -0.372 e. The molecule has 5 nitrogen and oxygen atoms in total. The third kappa shape index (κ3) is 4.22. The van der Waals surface area contributed by atoms with Crippen molar-refractivity contribution < 1.29 is 9.59 Å². The van der Waals surface area contributed by atoms with Gasteiger partial charge in [-0.1, -0.05) is 6.42 Å². The molecule has 0 unspecified atom stereocenters. The average Bonchev–Trinajstić information content (AvgIpc) is 2.89. The number of hydrogen-bond donors (Lipinski definition) is 2. The van der Waals surface area contributed by atoms with E-state index in [1.807, 2.05) is 24.3 Å². The van der Waals surface area contributed by atoms with Crippen molar-refractivity contribution in [2.75, 3.05) is 30.4 Å². The van der Waals surface area contributed by atoms with Gasteiger partial charge in [0.15, 0.2) is 0 Å². The first-order chi connectivity index (χ1) is 13.6. The van der Waals surface area contributed by atoms with Gasteiger partial charge in [-0.25, -0.2) is 0 Å². The predicted molar refractivity (Wildman–Crippen MR) is 117 cm³/mol. The first kappa shape index (κ1) is 20.4. The minimum atomic E-state index is -0.173. The molecule has 0 fully saturated rings. The lowest BCUT2D eigenvalue weighted by molar-refractivity contribution is 0.0963. The van der Waals surface area contributed by atoms with Crippen LogP contribution in [0.2, 0.25) is 0 Å². The van der Waals surface area contributed by atoms with E-state index in [9.17, 15) is 9.59 Å². The number of amides is 2. The normalized spacial score (nSPS) is 13.4. The molecule has 2 N–H and O–H groups in total. The van der Waals surface area contributed by atoms with Crippen LogP contribution in [0.25, 0.3) is 0 Å². The number of anilines is 2. The van der Waals surface area contributed by atoms with Crippen molar-refractivity contribution in [3.8, 4) is 0 Å². The molecule has 0 atom stereocenters. The number of carbonyl (C=O) groups excluding carboxylic acids is 2. The maximum Gasteiger partial charge on any atom is 0.256 e. The second-order valence-corrected chi connectivity index (χ2v) is 8.13. The maximum absolute atomic E-state index is 12.8. The Morgan fingerprint density at radius 3 is 2.32 bits per heavy atom. The molecule has 0 spiro atoms. The maximum atomic E-state index is 12.8. The first-order valence-corrected chi connectivity index (χ1v) is 10.9. The minimum absolute atomic E-state index is 0.119. The number of hydrogen-bond acceptors (Lipinski definition) is 4. The van der Waals surface area contributed by atoms with Crippen molar-refractivity contribution in [3.05, 3.63) is 45.8 Å². The van der Waals surface area contributed by atoms with E-state index in [0.717, 1.165) is 50.0 Å². The molecule has 1 aromatic carbocycles. The van der Waals surface area contributed by atoms with E-state index in [2.05, 4.69) is 29.4 Å². The first-order valence-electron chi connectivity index (χ1n) is 10.1. The summed E-state index contributed by atoms with van der Waals surface area (Å²) in [4.78, 5) is 28.8. The van der Waals surface area contributed by atoms with Gasteiger partial charge in [0.25, 0.3) is 11.8 Å². The Bertz CT molecular complexity index is 838. The molecule has 0 radical (unpaired) electrons. The summed E-state index contributed by atoms with van der Waals surface area (Å²) in [6.07, 6.45) is 5.31. The summed E-state index contributed by atoms with van der Waals surface area (Å²) >= 11 is 1.56. The van der Waals surface area contributed by atoms with Crippen molar-refractivity contribution in [1.82, 2.24) is 5.32 Å². The van der Waals surface area contributed by atoms with E-state index < -0.39 is 0 Å². The molecule has 0 saturated carbocycles. The second-order valence-electron chi connectivity index (χ2n) is 7.02. The van der Waals surface area contributed by atoms with Crippen LogP contribution in [0, 0.1) is 0 Å². The molecule has 2 aromatic rings. The van der Waals surface area contributed by atoms with Crippen LogP contribution in [0.1, 0.15) is 64.3 Å². The topological polar surface area (TPSA) is 61.4 Å². The van der Waals surface area contributed by atoms with Crippen molar-refractivity contribution >= 4 is 33.8 Å². The van der Waals surface area contributed by atoms with Crippen molar-refractivity contribution in [3.63, 3.8) is 0 Å². The van der Waals surface area contributed by atoms with Gasteiger partial charge in [-0.2, -0.15) is 0 Å². The lowest BCUT2D eigenvalue weighted by Crippen LogP contribution is -2.22. The number of thiophene rings is 1. The summed E-state index contributed by atoms with van der Waals surface area (Å²) in [5.41, 5.74) is 3.48. The molecule has 2 amide bonds. The van der Waals surface area contributed by atoms with E-state index in [1.54, 1.807) is 18.4 Å². The highest BCUT2D eigenvalue weighted by Crippen LogP contribution is 2.37. The van der Waals surface area contributed by atoms with Crippen LogP contribution < -0.4 is 15.5 Å². The van der Waals surface area contributed by atoms with Crippen LogP contribution in [0.3, 0.4) is 0 Å². The lowest BCUT2D eigenvalue weighted by atomic mass is 10.0. The summed E-state index contributed by atoms with van der Waals surface area (Å²) in [6, 6.07) is 7.65. The summed E-state index contributed by atoms with van der Waals surface area (Å²) in [5, 5.41) is 6.41. The molecule has 1 aromatic heterocycles. The number of fused-ring (bicyclic) bond motifs is 1. The third-order valence-electron chi connectivity index (χ3n) is 5.36. The van der Waals surface area contributed by atoms with Crippen LogP contribution in [0.5, 0.6) is 0 Å². The zero-order valence-electron chi connectivity index (χ0n) is 16.9.